The molecule has 0 spiro atoms. The molecule has 7 heteroatoms. The zero-order valence-electron chi connectivity index (χ0n) is 12.0. The van der Waals surface area contributed by atoms with Crippen LogP contribution in [0.5, 0.6) is 0 Å². The van der Waals surface area contributed by atoms with Gasteiger partial charge in [0.1, 0.15) is 12.2 Å². The van der Waals surface area contributed by atoms with E-state index in [9.17, 15) is 5.11 Å². The molecule has 0 aromatic rings. The van der Waals surface area contributed by atoms with E-state index in [1.54, 1.807) is 13.8 Å². The molecule has 3 saturated heterocycles. The Morgan fingerprint density at radius 1 is 0.947 bits per heavy atom. The van der Waals surface area contributed by atoms with Crippen LogP contribution in [0.3, 0.4) is 0 Å². The molecule has 0 aromatic heterocycles. The second-order valence-electron chi connectivity index (χ2n) is 5.90. The molecule has 0 aliphatic carbocycles. The van der Waals surface area contributed by atoms with E-state index < -0.39 is 36.2 Å². The Kier molecular flexibility index (Phi) is 4.41. The van der Waals surface area contributed by atoms with Crippen molar-refractivity contribution in [3.05, 3.63) is 0 Å². The molecule has 3 rings (SSSR count). The summed E-state index contributed by atoms with van der Waals surface area (Å²) in [6.45, 7) is 7.54. The van der Waals surface area contributed by atoms with Gasteiger partial charge in [-0.2, -0.15) is 0 Å². The van der Waals surface area contributed by atoms with Crippen molar-refractivity contribution in [3.8, 4) is 0 Å². The molecule has 0 N–H and O–H groups in total. The number of hydrogen-bond acceptors (Lipinski definition) is 6. The van der Waals surface area contributed by atoms with Gasteiger partial charge in [0.05, 0.1) is 12.7 Å². The van der Waals surface area contributed by atoms with E-state index in [-0.39, 0.29) is 35.7 Å². The smallest absolute Gasteiger partial charge is 0.848 e. The predicted octanol–water partition coefficient (Wildman–Crippen LogP) is -3.25. The molecule has 5 atom stereocenters. The van der Waals surface area contributed by atoms with Crippen LogP contribution in [0.25, 0.3) is 0 Å². The van der Waals surface area contributed by atoms with Crippen LogP contribution in [0.1, 0.15) is 27.7 Å². The van der Waals surface area contributed by atoms with Crippen molar-refractivity contribution in [1.29, 1.82) is 0 Å². The van der Waals surface area contributed by atoms with E-state index in [1.807, 2.05) is 13.8 Å². The van der Waals surface area contributed by atoms with E-state index in [0.717, 1.165) is 0 Å². The maximum Gasteiger partial charge on any atom is 1.00 e. The van der Waals surface area contributed by atoms with E-state index in [2.05, 4.69) is 0 Å². The summed E-state index contributed by atoms with van der Waals surface area (Å²) in [5.74, 6) is -1.41. The van der Waals surface area contributed by atoms with Crippen LogP contribution in [0.2, 0.25) is 0 Å². The van der Waals surface area contributed by atoms with Gasteiger partial charge in [-0.25, -0.2) is 0 Å². The zero-order valence-corrected chi connectivity index (χ0v) is 14.0. The third kappa shape index (κ3) is 3.02. The summed E-state index contributed by atoms with van der Waals surface area (Å²) < 4.78 is 27.9. The van der Waals surface area contributed by atoms with Crippen LogP contribution in [-0.2, 0) is 23.7 Å². The topological polar surface area (TPSA) is 69.2 Å². The van der Waals surface area contributed by atoms with Crippen LogP contribution in [0.4, 0.5) is 0 Å². The van der Waals surface area contributed by atoms with Gasteiger partial charge in [0.2, 0.25) is 0 Å². The molecule has 6 nitrogen and oxygen atoms in total. The van der Waals surface area contributed by atoms with E-state index in [4.69, 9.17) is 23.7 Å². The second kappa shape index (κ2) is 5.19. The third-order valence-corrected chi connectivity index (χ3v) is 3.42. The number of hydrogen-bond donors (Lipinski definition) is 0. The van der Waals surface area contributed by atoms with E-state index >= 15 is 0 Å². The van der Waals surface area contributed by atoms with Crippen molar-refractivity contribution in [2.75, 3.05) is 6.61 Å². The molecule has 19 heavy (non-hydrogen) atoms. The van der Waals surface area contributed by atoms with E-state index in [1.165, 1.54) is 0 Å². The minimum absolute atomic E-state index is 0. The Hall–Kier alpha value is 0.760. The Labute approximate surface area is 135 Å². The van der Waals surface area contributed by atoms with Gasteiger partial charge >= 0.3 is 29.6 Å². The van der Waals surface area contributed by atoms with Gasteiger partial charge in [-0.3, -0.25) is 0 Å². The molecule has 0 saturated carbocycles. The molecular weight excluding hydrogens is 263 g/mol. The Balaban J connectivity index is 0.00000133. The molecule has 3 fully saturated rings. The molecule has 0 unspecified atom stereocenters. The molecule has 0 aromatic carbocycles. The van der Waals surface area contributed by atoms with Gasteiger partial charge in [-0.15, -0.1) is 0 Å². The second-order valence-corrected chi connectivity index (χ2v) is 5.90. The van der Waals surface area contributed by atoms with Gasteiger partial charge in [0.25, 0.3) is 0 Å². The number of rotatable bonds is 1. The number of ether oxygens (including phenoxy) is 5. The maximum atomic E-state index is 12.3. The fourth-order valence-electron chi connectivity index (χ4n) is 2.68. The molecule has 0 amide bonds. The van der Waals surface area contributed by atoms with Gasteiger partial charge < -0.3 is 28.8 Å². The van der Waals surface area contributed by atoms with Crippen LogP contribution in [0, 0.1) is 0 Å². The SMILES string of the molecule is CC1(C)O[C@H]2O[C@H]([C@H]3COC(C)(C)O3)[C@@H]([O-])[C@H]2O1.[Na+]. The minimum Gasteiger partial charge on any atom is -0.848 e. The van der Waals surface area contributed by atoms with Crippen molar-refractivity contribution >= 4 is 0 Å². The largest absolute Gasteiger partial charge is 1.00 e. The predicted molar refractivity (Wildman–Crippen MR) is 57.4 cm³/mol. The van der Waals surface area contributed by atoms with Gasteiger partial charge in [-0.1, -0.05) is 6.10 Å². The Morgan fingerprint density at radius 2 is 1.63 bits per heavy atom. The minimum atomic E-state index is -1.01. The average molecular weight is 282 g/mol. The Bertz CT molecular complexity index is 347. The summed E-state index contributed by atoms with van der Waals surface area (Å²) in [6.07, 6.45) is -3.13. The average Bonchev–Trinajstić information content (AvgIpc) is 2.81. The molecular formula is C12H19NaO6. The summed E-state index contributed by atoms with van der Waals surface area (Å²) in [6, 6.07) is 0. The summed E-state index contributed by atoms with van der Waals surface area (Å²) in [5.41, 5.74) is 0. The van der Waals surface area contributed by atoms with Gasteiger partial charge in [0, 0.05) is 0 Å². The van der Waals surface area contributed by atoms with Crippen molar-refractivity contribution in [2.45, 2.75) is 70.0 Å². The van der Waals surface area contributed by atoms with Crippen LogP contribution >= 0.6 is 0 Å². The summed E-state index contributed by atoms with van der Waals surface area (Å²) in [7, 11) is 0. The fraction of sp³-hybridized carbons (Fsp3) is 1.00. The standard InChI is InChI=1S/C12H19O6.Na/c1-11(2)14-5-6(16-11)8-7(13)9-10(15-8)18-12(3,4)17-9;/h6-10H,5H2,1-4H3;/q-1;+1/t6-,7-,8-,9-,10-;/m1./s1. The first-order valence-corrected chi connectivity index (χ1v) is 6.26. The van der Waals surface area contributed by atoms with Gasteiger partial charge in [0.15, 0.2) is 17.9 Å². The van der Waals surface area contributed by atoms with E-state index in [0.29, 0.717) is 6.61 Å². The van der Waals surface area contributed by atoms with Crippen LogP contribution in [-0.4, -0.2) is 48.9 Å². The normalized spacial score (nSPS) is 46.9. The van der Waals surface area contributed by atoms with Crippen LogP contribution < -0.4 is 34.7 Å². The first-order chi connectivity index (χ1) is 8.27. The zero-order chi connectivity index (χ0) is 13.1. The quantitative estimate of drug-likeness (QED) is 0.471. The Morgan fingerprint density at radius 3 is 2.16 bits per heavy atom. The summed E-state index contributed by atoms with van der Waals surface area (Å²) in [4.78, 5) is 0. The number of fused-ring (bicyclic) bond motifs is 1. The van der Waals surface area contributed by atoms with Crippen molar-refractivity contribution < 1.29 is 58.3 Å². The van der Waals surface area contributed by atoms with Gasteiger partial charge in [-0.05, 0) is 27.7 Å². The monoisotopic (exact) mass is 282 g/mol. The first-order valence-electron chi connectivity index (χ1n) is 6.26. The fourth-order valence-corrected chi connectivity index (χ4v) is 2.68. The molecule has 3 aliphatic heterocycles. The van der Waals surface area contributed by atoms with Crippen molar-refractivity contribution in [3.63, 3.8) is 0 Å². The molecule has 3 heterocycles. The molecule has 3 aliphatic rings. The van der Waals surface area contributed by atoms with Crippen molar-refractivity contribution in [2.24, 2.45) is 0 Å². The van der Waals surface area contributed by atoms with Crippen LogP contribution in [0.15, 0.2) is 0 Å². The first kappa shape index (κ1) is 16.1. The summed E-state index contributed by atoms with van der Waals surface area (Å²) in [5, 5.41) is 12.3. The molecule has 0 radical (unpaired) electrons. The molecule has 104 valence electrons. The third-order valence-electron chi connectivity index (χ3n) is 3.42. The molecule has 0 bridgehead atoms. The summed E-state index contributed by atoms with van der Waals surface area (Å²) >= 11 is 0. The van der Waals surface area contributed by atoms with Crippen molar-refractivity contribution in [1.82, 2.24) is 0 Å². The maximum absolute atomic E-state index is 12.3.